The molecule has 2 N–H and O–H groups in total. The van der Waals surface area contributed by atoms with Crippen LogP contribution in [0.4, 0.5) is 4.79 Å². The van der Waals surface area contributed by atoms with E-state index in [1.165, 1.54) is 0 Å². The molecule has 4 heteroatoms. The summed E-state index contributed by atoms with van der Waals surface area (Å²) in [6, 6.07) is 16.5. The number of hydrogen-bond donors (Lipinski definition) is 2. The first-order chi connectivity index (χ1) is 10.1. The van der Waals surface area contributed by atoms with Gasteiger partial charge in [0.2, 0.25) is 0 Å². The van der Waals surface area contributed by atoms with Crippen LogP contribution >= 0.6 is 0 Å². The van der Waals surface area contributed by atoms with Gasteiger partial charge in [-0.25, -0.2) is 4.79 Å². The monoisotopic (exact) mass is 285 g/mol. The van der Waals surface area contributed by atoms with Crippen LogP contribution in [0.15, 0.2) is 54.6 Å². The van der Waals surface area contributed by atoms with E-state index in [-0.39, 0.29) is 18.3 Å². The second kappa shape index (κ2) is 7.33. The first-order valence-corrected chi connectivity index (χ1v) is 6.88. The summed E-state index contributed by atoms with van der Waals surface area (Å²) in [5, 5.41) is 12.0. The average molecular weight is 285 g/mol. The minimum atomic E-state index is -0.426. The van der Waals surface area contributed by atoms with E-state index in [0.29, 0.717) is 6.54 Å². The molecule has 2 aromatic rings. The maximum Gasteiger partial charge on any atom is 0.407 e. The number of alkyl carbamates (subject to hydrolysis) is 1. The summed E-state index contributed by atoms with van der Waals surface area (Å²) in [6.45, 7) is 2.75. The third-order valence-corrected chi connectivity index (χ3v) is 3.23. The molecule has 2 rings (SSSR count). The van der Waals surface area contributed by atoms with Crippen LogP contribution in [0.1, 0.15) is 24.0 Å². The minimum absolute atomic E-state index is 0.148. The first-order valence-electron chi connectivity index (χ1n) is 6.88. The number of phenols is 1. The lowest BCUT2D eigenvalue weighted by Crippen LogP contribution is -2.28. The summed E-state index contributed by atoms with van der Waals surface area (Å²) in [7, 11) is 0. The Hall–Kier alpha value is -2.49. The summed E-state index contributed by atoms with van der Waals surface area (Å²) < 4.78 is 5.14. The largest absolute Gasteiger partial charge is 0.508 e. The van der Waals surface area contributed by atoms with E-state index in [9.17, 15) is 9.90 Å². The normalized spacial score (nSPS) is 11.7. The van der Waals surface area contributed by atoms with Gasteiger partial charge in [0.1, 0.15) is 12.4 Å². The zero-order valence-corrected chi connectivity index (χ0v) is 12.0. The minimum Gasteiger partial charge on any atom is -0.508 e. The van der Waals surface area contributed by atoms with Crippen molar-refractivity contribution in [2.45, 2.75) is 19.4 Å². The van der Waals surface area contributed by atoms with Crippen molar-refractivity contribution in [2.24, 2.45) is 0 Å². The van der Waals surface area contributed by atoms with Crippen LogP contribution in [0.5, 0.6) is 5.75 Å². The van der Waals surface area contributed by atoms with Crippen LogP contribution < -0.4 is 5.32 Å². The van der Waals surface area contributed by atoms with Crippen LogP contribution in [0.25, 0.3) is 0 Å². The van der Waals surface area contributed by atoms with Gasteiger partial charge in [-0.2, -0.15) is 0 Å². The molecule has 21 heavy (non-hydrogen) atoms. The Bertz CT molecular complexity index is 566. The van der Waals surface area contributed by atoms with Gasteiger partial charge in [0.25, 0.3) is 0 Å². The highest BCUT2D eigenvalue weighted by Crippen LogP contribution is 2.17. The summed E-state index contributed by atoms with van der Waals surface area (Å²) in [5.41, 5.74) is 2.01. The molecule has 0 aliphatic rings. The Kier molecular flexibility index (Phi) is 5.21. The maximum atomic E-state index is 11.6. The molecule has 0 aliphatic heterocycles. The number of phenolic OH excluding ortho intramolecular Hbond substituents is 1. The Morgan fingerprint density at radius 1 is 1.14 bits per heavy atom. The Morgan fingerprint density at radius 3 is 2.48 bits per heavy atom. The number of aromatic hydroxyl groups is 1. The lowest BCUT2D eigenvalue weighted by atomic mass is 10.0. The van der Waals surface area contributed by atoms with Crippen molar-refractivity contribution < 1.29 is 14.6 Å². The van der Waals surface area contributed by atoms with Crippen LogP contribution in [-0.4, -0.2) is 17.7 Å². The highest BCUT2D eigenvalue weighted by Gasteiger charge is 2.08. The molecule has 2 aromatic carbocycles. The quantitative estimate of drug-likeness (QED) is 0.885. The first kappa shape index (κ1) is 14.9. The van der Waals surface area contributed by atoms with Gasteiger partial charge in [-0.05, 0) is 29.2 Å². The van der Waals surface area contributed by atoms with Gasteiger partial charge >= 0.3 is 6.09 Å². The third kappa shape index (κ3) is 4.84. The van der Waals surface area contributed by atoms with Gasteiger partial charge in [0, 0.05) is 6.54 Å². The Labute approximate surface area is 124 Å². The number of benzene rings is 2. The highest BCUT2D eigenvalue weighted by molar-refractivity contribution is 5.67. The number of carbonyl (C=O) groups excluding carboxylic acids is 1. The molecular formula is C17H19NO3. The lowest BCUT2D eigenvalue weighted by Gasteiger charge is -2.13. The number of rotatable bonds is 5. The number of amides is 1. The van der Waals surface area contributed by atoms with E-state index in [2.05, 4.69) is 5.32 Å². The van der Waals surface area contributed by atoms with Crippen molar-refractivity contribution in [3.05, 3.63) is 65.7 Å². The molecule has 0 radical (unpaired) electrons. The molecule has 0 spiro atoms. The number of nitrogens with one attached hydrogen (secondary N) is 1. The second-order valence-electron chi connectivity index (χ2n) is 4.94. The maximum absolute atomic E-state index is 11.6. The summed E-state index contributed by atoms with van der Waals surface area (Å²) in [6.07, 6.45) is -0.426. The van der Waals surface area contributed by atoms with Crippen molar-refractivity contribution in [1.82, 2.24) is 5.32 Å². The molecule has 0 heterocycles. The van der Waals surface area contributed by atoms with Crippen LogP contribution in [-0.2, 0) is 11.3 Å². The van der Waals surface area contributed by atoms with Crippen LogP contribution in [0.2, 0.25) is 0 Å². The molecule has 0 unspecified atom stereocenters. The SMILES string of the molecule is C[C@H](CNC(=O)OCc1ccccc1)c1ccc(O)cc1. The van der Waals surface area contributed by atoms with E-state index >= 15 is 0 Å². The smallest absolute Gasteiger partial charge is 0.407 e. The van der Waals surface area contributed by atoms with Gasteiger partial charge in [0.15, 0.2) is 0 Å². The molecule has 4 nitrogen and oxygen atoms in total. The Morgan fingerprint density at radius 2 is 1.81 bits per heavy atom. The van der Waals surface area contributed by atoms with Crippen LogP contribution in [0.3, 0.4) is 0 Å². The summed E-state index contributed by atoms with van der Waals surface area (Å²) in [4.78, 5) is 11.6. The molecule has 110 valence electrons. The predicted molar refractivity (Wildman–Crippen MR) is 81.2 cm³/mol. The van der Waals surface area contributed by atoms with Gasteiger partial charge in [-0.15, -0.1) is 0 Å². The Balaban J connectivity index is 1.74. The molecule has 0 bridgehead atoms. The molecule has 0 saturated carbocycles. The lowest BCUT2D eigenvalue weighted by molar-refractivity contribution is 0.139. The molecular weight excluding hydrogens is 266 g/mol. The van der Waals surface area contributed by atoms with E-state index in [0.717, 1.165) is 11.1 Å². The number of hydrogen-bond acceptors (Lipinski definition) is 3. The molecule has 1 atom stereocenters. The van der Waals surface area contributed by atoms with Crippen molar-refractivity contribution in [3.8, 4) is 5.75 Å². The molecule has 0 saturated heterocycles. The van der Waals surface area contributed by atoms with Gasteiger partial charge < -0.3 is 15.2 Å². The predicted octanol–water partition coefficient (Wildman–Crippen LogP) is 3.42. The fourth-order valence-electron chi connectivity index (χ4n) is 1.93. The third-order valence-electron chi connectivity index (χ3n) is 3.23. The van der Waals surface area contributed by atoms with E-state index in [1.807, 2.05) is 49.4 Å². The standard InChI is InChI=1S/C17H19NO3/c1-13(15-7-9-16(19)10-8-15)11-18-17(20)21-12-14-5-3-2-4-6-14/h2-10,13,19H,11-12H2,1H3,(H,18,20)/t13-/m1/s1. The number of carbonyl (C=O) groups is 1. The van der Waals surface area contributed by atoms with E-state index in [4.69, 9.17) is 4.74 Å². The van der Waals surface area contributed by atoms with Gasteiger partial charge in [-0.1, -0.05) is 49.4 Å². The van der Waals surface area contributed by atoms with E-state index < -0.39 is 6.09 Å². The molecule has 0 fully saturated rings. The van der Waals surface area contributed by atoms with Crippen LogP contribution in [0, 0.1) is 0 Å². The second-order valence-corrected chi connectivity index (χ2v) is 4.94. The van der Waals surface area contributed by atoms with E-state index in [1.54, 1.807) is 12.1 Å². The fourth-order valence-corrected chi connectivity index (χ4v) is 1.93. The summed E-state index contributed by atoms with van der Waals surface area (Å²) in [5.74, 6) is 0.385. The highest BCUT2D eigenvalue weighted by atomic mass is 16.5. The van der Waals surface area contributed by atoms with Crippen molar-refractivity contribution >= 4 is 6.09 Å². The van der Waals surface area contributed by atoms with Gasteiger partial charge in [0.05, 0.1) is 0 Å². The number of ether oxygens (including phenoxy) is 1. The topological polar surface area (TPSA) is 58.6 Å². The fraction of sp³-hybridized carbons (Fsp3) is 0.235. The van der Waals surface area contributed by atoms with Crippen molar-refractivity contribution in [1.29, 1.82) is 0 Å². The van der Waals surface area contributed by atoms with Crippen molar-refractivity contribution in [2.75, 3.05) is 6.54 Å². The zero-order valence-electron chi connectivity index (χ0n) is 12.0. The van der Waals surface area contributed by atoms with Crippen molar-refractivity contribution in [3.63, 3.8) is 0 Å². The molecule has 0 aromatic heterocycles. The average Bonchev–Trinajstić information content (AvgIpc) is 2.52. The molecule has 0 aliphatic carbocycles. The summed E-state index contributed by atoms with van der Waals surface area (Å²) >= 11 is 0. The van der Waals surface area contributed by atoms with Gasteiger partial charge in [-0.3, -0.25) is 0 Å². The molecule has 1 amide bonds. The zero-order chi connectivity index (χ0) is 15.1.